The van der Waals surface area contributed by atoms with Gasteiger partial charge in [0.05, 0.1) is 11.6 Å². The predicted molar refractivity (Wildman–Crippen MR) is 83.8 cm³/mol. The third kappa shape index (κ3) is 2.42. The number of fused-ring (bicyclic) bond motifs is 1. The average molecular weight is 305 g/mol. The summed E-state index contributed by atoms with van der Waals surface area (Å²) in [5.74, 6) is 0.231. The number of nitrogens with one attached hydrogen (secondary N) is 1. The molecule has 0 bridgehead atoms. The molecule has 1 aliphatic carbocycles. The molecule has 1 aromatic carbocycles. The SMILES string of the molecule is N#Cc1cccc2c1CN(C(=O)c1cc(C3CC3)[nH]c(=O)c1)C2. The van der Waals surface area contributed by atoms with E-state index >= 15 is 0 Å². The summed E-state index contributed by atoms with van der Waals surface area (Å²) in [6.45, 7) is 0.901. The molecule has 1 amide bonds. The van der Waals surface area contributed by atoms with Gasteiger partial charge in [-0.25, -0.2) is 0 Å². The second-order valence-corrected chi connectivity index (χ2v) is 6.18. The van der Waals surface area contributed by atoms with Crippen molar-refractivity contribution in [1.82, 2.24) is 9.88 Å². The molecule has 1 saturated carbocycles. The van der Waals surface area contributed by atoms with E-state index in [0.29, 0.717) is 30.1 Å². The van der Waals surface area contributed by atoms with Crippen molar-refractivity contribution in [1.29, 1.82) is 5.26 Å². The van der Waals surface area contributed by atoms with Crippen molar-refractivity contribution in [2.24, 2.45) is 0 Å². The molecule has 0 atom stereocenters. The number of hydrogen-bond acceptors (Lipinski definition) is 3. The molecule has 4 rings (SSSR count). The minimum Gasteiger partial charge on any atom is -0.330 e. The summed E-state index contributed by atoms with van der Waals surface area (Å²) >= 11 is 0. The first-order chi connectivity index (χ1) is 11.2. The predicted octanol–water partition coefficient (Wildman–Crippen LogP) is 2.28. The number of benzene rings is 1. The Balaban J connectivity index is 1.64. The maximum Gasteiger partial charge on any atom is 0.254 e. The molecule has 2 aliphatic rings. The minimum atomic E-state index is -0.229. The molecule has 0 spiro atoms. The summed E-state index contributed by atoms with van der Waals surface area (Å²) in [6, 6.07) is 10.9. The van der Waals surface area contributed by atoms with E-state index in [4.69, 9.17) is 0 Å². The monoisotopic (exact) mass is 305 g/mol. The Labute approximate surface area is 133 Å². The molecule has 0 saturated heterocycles. The summed E-state index contributed by atoms with van der Waals surface area (Å²) in [5, 5.41) is 9.19. The van der Waals surface area contributed by atoms with Crippen LogP contribution >= 0.6 is 0 Å². The summed E-state index contributed by atoms with van der Waals surface area (Å²) in [6.07, 6.45) is 2.13. The molecule has 2 heterocycles. The van der Waals surface area contributed by atoms with Gasteiger partial charge in [0.15, 0.2) is 0 Å². The first kappa shape index (κ1) is 13.8. The van der Waals surface area contributed by atoms with Crippen molar-refractivity contribution in [2.75, 3.05) is 0 Å². The fourth-order valence-electron chi connectivity index (χ4n) is 3.16. The molecule has 0 radical (unpaired) electrons. The van der Waals surface area contributed by atoms with Gasteiger partial charge >= 0.3 is 0 Å². The van der Waals surface area contributed by atoms with Gasteiger partial charge in [0.1, 0.15) is 0 Å². The van der Waals surface area contributed by atoms with Crippen LogP contribution in [0.25, 0.3) is 0 Å². The Morgan fingerprint density at radius 3 is 2.83 bits per heavy atom. The molecule has 0 unspecified atom stereocenters. The number of carbonyl (C=O) groups is 1. The van der Waals surface area contributed by atoms with Crippen molar-refractivity contribution < 1.29 is 4.79 Å². The van der Waals surface area contributed by atoms with Crippen molar-refractivity contribution in [2.45, 2.75) is 31.8 Å². The number of aromatic nitrogens is 1. The van der Waals surface area contributed by atoms with Crippen molar-refractivity contribution >= 4 is 5.91 Å². The summed E-state index contributed by atoms with van der Waals surface area (Å²) < 4.78 is 0. The van der Waals surface area contributed by atoms with E-state index < -0.39 is 0 Å². The zero-order valence-corrected chi connectivity index (χ0v) is 12.5. The van der Waals surface area contributed by atoms with Crippen LogP contribution in [0, 0.1) is 11.3 Å². The van der Waals surface area contributed by atoms with Gasteiger partial charge in [-0.1, -0.05) is 12.1 Å². The molecule has 1 N–H and O–H groups in total. The molecular formula is C18H15N3O2. The van der Waals surface area contributed by atoms with Crippen LogP contribution in [-0.2, 0) is 13.1 Å². The van der Waals surface area contributed by atoms with Gasteiger partial charge in [0.25, 0.3) is 5.91 Å². The summed E-state index contributed by atoms with van der Waals surface area (Å²) in [4.78, 5) is 29.1. The Kier molecular flexibility index (Phi) is 3.05. The number of amides is 1. The first-order valence-corrected chi connectivity index (χ1v) is 7.70. The second-order valence-electron chi connectivity index (χ2n) is 6.18. The lowest BCUT2D eigenvalue weighted by Gasteiger charge is -2.15. The number of nitriles is 1. The standard InChI is InChI=1S/C18H15N3O2/c19-8-12-2-1-3-13-9-21(10-15(12)13)18(23)14-6-16(11-4-5-11)20-17(22)7-14/h1-3,6-7,11H,4-5,9-10H2,(H,20,22). The minimum absolute atomic E-state index is 0.155. The largest absolute Gasteiger partial charge is 0.330 e. The Bertz CT molecular complexity index is 903. The van der Waals surface area contributed by atoms with Crippen molar-refractivity contribution in [3.05, 3.63) is 68.6 Å². The highest BCUT2D eigenvalue weighted by Crippen LogP contribution is 2.38. The number of pyridine rings is 1. The van der Waals surface area contributed by atoms with Crippen LogP contribution in [0.15, 0.2) is 35.1 Å². The summed E-state index contributed by atoms with van der Waals surface area (Å²) in [5.41, 5.74) is 3.59. The highest BCUT2D eigenvalue weighted by Gasteiger charge is 2.29. The zero-order chi connectivity index (χ0) is 16.0. The molecule has 1 fully saturated rings. The number of carbonyl (C=O) groups excluding carboxylic acids is 1. The fourth-order valence-corrected chi connectivity index (χ4v) is 3.16. The maximum absolute atomic E-state index is 12.8. The molecule has 2 aromatic rings. The van der Waals surface area contributed by atoms with Crippen LogP contribution in [0.1, 0.15) is 51.5 Å². The molecule has 114 valence electrons. The number of aromatic amines is 1. The Hall–Kier alpha value is -2.87. The average Bonchev–Trinajstić information content (AvgIpc) is 3.31. The first-order valence-electron chi connectivity index (χ1n) is 7.70. The highest BCUT2D eigenvalue weighted by molar-refractivity contribution is 5.94. The molecule has 5 heteroatoms. The quantitative estimate of drug-likeness (QED) is 0.924. The smallest absolute Gasteiger partial charge is 0.254 e. The maximum atomic E-state index is 12.8. The van der Waals surface area contributed by atoms with E-state index in [1.165, 1.54) is 6.07 Å². The van der Waals surface area contributed by atoms with Gasteiger partial charge in [-0.15, -0.1) is 0 Å². The lowest BCUT2D eigenvalue weighted by atomic mass is 10.1. The van der Waals surface area contributed by atoms with Crippen LogP contribution in [0.4, 0.5) is 0 Å². The van der Waals surface area contributed by atoms with Crippen molar-refractivity contribution in [3.8, 4) is 6.07 Å². The summed E-state index contributed by atoms with van der Waals surface area (Å²) in [7, 11) is 0. The lowest BCUT2D eigenvalue weighted by molar-refractivity contribution is 0.0751. The second kappa shape index (κ2) is 5.10. The molecule has 1 aliphatic heterocycles. The zero-order valence-electron chi connectivity index (χ0n) is 12.5. The Morgan fingerprint density at radius 2 is 2.09 bits per heavy atom. The van der Waals surface area contributed by atoms with Gasteiger partial charge in [0, 0.05) is 30.4 Å². The van der Waals surface area contributed by atoms with Gasteiger partial charge in [-0.3, -0.25) is 9.59 Å². The molecule has 1 aromatic heterocycles. The lowest BCUT2D eigenvalue weighted by Crippen LogP contribution is -2.27. The number of H-pyrrole nitrogens is 1. The van der Waals surface area contributed by atoms with E-state index in [0.717, 1.165) is 29.7 Å². The third-order valence-electron chi connectivity index (χ3n) is 4.52. The van der Waals surface area contributed by atoms with Gasteiger partial charge in [-0.05, 0) is 42.0 Å². The number of nitrogens with zero attached hydrogens (tertiary/aromatic N) is 2. The van der Waals surface area contributed by atoms with Crippen LogP contribution in [0.5, 0.6) is 0 Å². The topological polar surface area (TPSA) is 77.0 Å². The van der Waals surface area contributed by atoms with Crippen LogP contribution in [0.3, 0.4) is 0 Å². The van der Waals surface area contributed by atoms with E-state index in [-0.39, 0.29) is 11.5 Å². The Morgan fingerprint density at radius 1 is 1.26 bits per heavy atom. The molecule has 23 heavy (non-hydrogen) atoms. The van der Waals surface area contributed by atoms with Gasteiger partial charge in [-0.2, -0.15) is 5.26 Å². The van der Waals surface area contributed by atoms with Gasteiger partial charge in [0.2, 0.25) is 5.56 Å². The number of hydrogen-bond donors (Lipinski definition) is 1. The number of rotatable bonds is 2. The fraction of sp³-hybridized carbons (Fsp3) is 0.278. The van der Waals surface area contributed by atoms with Gasteiger partial charge < -0.3 is 9.88 Å². The van der Waals surface area contributed by atoms with E-state index in [1.54, 1.807) is 17.0 Å². The van der Waals surface area contributed by atoms with E-state index in [2.05, 4.69) is 11.1 Å². The third-order valence-corrected chi connectivity index (χ3v) is 4.52. The van der Waals surface area contributed by atoms with E-state index in [1.807, 2.05) is 12.1 Å². The molecular weight excluding hydrogens is 290 g/mol. The van der Waals surface area contributed by atoms with Crippen LogP contribution in [0.2, 0.25) is 0 Å². The normalized spacial score (nSPS) is 16.0. The highest BCUT2D eigenvalue weighted by atomic mass is 16.2. The van der Waals surface area contributed by atoms with E-state index in [9.17, 15) is 14.9 Å². The van der Waals surface area contributed by atoms with Crippen LogP contribution in [-0.4, -0.2) is 15.8 Å². The van der Waals surface area contributed by atoms with Crippen LogP contribution < -0.4 is 5.56 Å². The van der Waals surface area contributed by atoms with Crippen molar-refractivity contribution in [3.63, 3.8) is 0 Å². The molecule has 5 nitrogen and oxygen atoms in total.